The van der Waals surface area contributed by atoms with Crippen LogP contribution in [0.2, 0.25) is 0 Å². The third-order valence-electron chi connectivity index (χ3n) is 6.90. The molecule has 1 aromatic heterocycles. The fraction of sp³-hybridized carbons (Fsp3) is 0.538. The molecule has 172 valence electrons. The number of rotatable bonds is 8. The van der Waals surface area contributed by atoms with Gasteiger partial charge in [-0.3, -0.25) is 14.7 Å². The third-order valence-corrected chi connectivity index (χ3v) is 6.90. The Morgan fingerprint density at radius 2 is 1.91 bits per heavy atom. The van der Waals surface area contributed by atoms with Crippen molar-refractivity contribution < 1.29 is 14.3 Å². The van der Waals surface area contributed by atoms with Gasteiger partial charge >= 0.3 is 0 Å². The van der Waals surface area contributed by atoms with Gasteiger partial charge in [0.15, 0.2) is 11.5 Å². The Bertz CT molecular complexity index is 883. The molecule has 1 N–H and O–H groups in total. The minimum Gasteiger partial charge on any atom is -0.493 e. The maximum Gasteiger partial charge on any atom is 0.223 e. The molecule has 6 nitrogen and oxygen atoms in total. The van der Waals surface area contributed by atoms with Gasteiger partial charge in [-0.05, 0) is 68.0 Å². The average Bonchev–Trinajstić information content (AvgIpc) is 3.38. The molecule has 1 aromatic carbocycles. The van der Waals surface area contributed by atoms with Gasteiger partial charge < -0.3 is 14.8 Å². The molecule has 1 aliphatic heterocycles. The summed E-state index contributed by atoms with van der Waals surface area (Å²) in [7, 11) is 3.33. The van der Waals surface area contributed by atoms with Crippen molar-refractivity contribution in [2.45, 2.75) is 51.1 Å². The molecule has 32 heavy (non-hydrogen) atoms. The van der Waals surface area contributed by atoms with Gasteiger partial charge in [0.1, 0.15) is 0 Å². The first-order valence-electron chi connectivity index (χ1n) is 11.8. The zero-order valence-electron chi connectivity index (χ0n) is 19.3. The lowest BCUT2D eigenvalue weighted by atomic mass is 9.87. The number of nitrogens with one attached hydrogen (secondary N) is 1. The molecule has 2 fully saturated rings. The molecule has 2 aromatic rings. The highest BCUT2D eigenvalue weighted by molar-refractivity contribution is 5.79. The fourth-order valence-electron chi connectivity index (χ4n) is 5.20. The SMILES string of the molecule is COc1ccc(CN2CCC[C@H]([C@H](NC(=O)C3CCCC3)c3ccccn3)C2)cc1OC. The van der Waals surface area contributed by atoms with Crippen molar-refractivity contribution in [2.24, 2.45) is 11.8 Å². The molecular weight excluding hydrogens is 402 g/mol. The summed E-state index contributed by atoms with van der Waals surface area (Å²) in [6, 6.07) is 12.1. The second-order valence-electron chi connectivity index (χ2n) is 9.05. The molecule has 6 heteroatoms. The van der Waals surface area contributed by atoms with E-state index in [-0.39, 0.29) is 17.9 Å². The molecule has 0 spiro atoms. The molecule has 1 saturated carbocycles. The van der Waals surface area contributed by atoms with Crippen LogP contribution in [-0.4, -0.2) is 43.1 Å². The second kappa shape index (κ2) is 10.8. The van der Waals surface area contributed by atoms with Crippen LogP contribution in [0, 0.1) is 11.8 Å². The second-order valence-corrected chi connectivity index (χ2v) is 9.05. The van der Waals surface area contributed by atoms with Gasteiger partial charge in [-0.1, -0.05) is 25.0 Å². The predicted octanol–water partition coefficient (Wildman–Crippen LogP) is 4.36. The third kappa shape index (κ3) is 5.41. The molecule has 2 aliphatic rings. The number of ether oxygens (including phenoxy) is 2. The molecule has 1 aliphatic carbocycles. The van der Waals surface area contributed by atoms with E-state index < -0.39 is 0 Å². The summed E-state index contributed by atoms with van der Waals surface area (Å²) < 4.78 is 10.8. The van der Waals surface area contributed by atoms with Crippen LogP contribution in [0.25, 0.3) is 0 Å². The molecule has 1 amide bonds. The molecule has 0 radical (unpaired) electrons. The van der Waals surface area contributed by atoms with Gasteiger partial charge in [-0.25, -0.2) is 0 Å². The highest BCUT2D eigenvalue weighted by Crippen LogP contribution is 2.33. The van der Waals surface area contributed by atoms with Crippen molar-refractivity contribution >= 4 is 5.91 Å². The number of carbonyl (C=O) groups is 1. The molecular formula is C26H35N3O3. The normalized spacial score (nSPS) is 20.6. The zero-order valence-corrected chi connectivity index (χ0v) is 19.3. The minimum atomic E-state index is -0.0440. The summed E-state index contributed by atoms with van der Waals surface area (Å²) in [6.07, 6.45) is 8.38. The lowest BCUT2D eigenvalue weighted by Gasteiger charge is -2.37. The maximum atomic E-state index is 13.0. The Hall–Kier alpha value is -2.60. The van der Waals surface area contributed by atoms with Crippen LogP contribution < -0.4 is 14.8 Å². The van der Waals surface area contributed by atoms with E-state index >= 15 is 0 Å². The standard InChI is InChI=1S/C26H35N3O3/c1-31-23-13-12-19(16-24(23)32-2)17-29-15-7-10-21(18-29)25(22-11-5-6-14-27-22)28-26(30)20-8-3-4-9-20/h5-6,11-14,16,20-21,25H,3-4,7-10,15,17-18H2,1-2H3,(H,28,30)/t21-,25-/m0/s1. The van der Waals surface area contributed by atoms with Crippen molar-refractivity contribution in [3.8, 4) is 11.5 Å². The highest BCUT2D eigenvalue weighted by Gasteiger charge is 2.33. The van der Waals surface area contributed by atoms with E-state index in [1.807, 2.05) is 30.5 Å². The Labute approximate surface area is 191 Å². The van der Waals surface area contributed by atoms with Gasteiger partial charge in [0.25, 0.3) is 0 Å². The predicted molar refractivity (Wildman–Crippen MR) is 125 cm³/mol. The summed E-state index contributed by atoms with van der Waals surface area (Å²) in [6.45, 7) is 2.83. The highest BCUT2D eigenvalue weighted by atomic mass is 16.5. The number of benzene rings is 1. The number of methoxy groups -OCH3 is 2. The van der Waals surface area contributed by atoms with Gasteiger partial charge in [-0.15, -0.1) is 0 Å². The largest absolute Gasteiger partial charge is 0.493 e. The number of likely N-dealkylation sites (tertiary alicyclic amines) is 1. The molecule has 2 heterocycles. The van der Waals surface area contributed by atoms with Crippen molar-refractivity contribution in [3.63, 3.8) is 0 Å². The van der Waals surface area contributed by atoms with Gasteiger partial charge in [0, 0.05) is 25.2 Å². The van der Waals surface area contributed by atoms with E-state index in [9.17, 15) is 4.79 Å². The van der Waals surface area contributed by atoms with Crippen LogP contribution in [0.4, 0.5) is 0 Å². The fourth-order valence-corrected chi connectivity index (χ4v) is 5.20. The van der Waals surface area contributed by atoms with E-state index in [2.05, 4.69) is 27.3 Å². The number of aromatic nitrogens is 1. The van der Waals surface area contributed by atoms with Gasteiger partial charge in [-0.2, -0.15) is 0 Å². The Kier molecular flexibility index (Phi) is 7.63. The molecule has 4 rings (SSSR count). The monoisotopic (exact) mass is 437 g/mol. The van der Waals surface area contributed by atoms with Crippen molar-refractivity contribution in [1.29, 1.82) is 0 Å². The van der Waals surface area contributed by atoms with Gasteiger partial charge in [0.05, 0.1) is 26.0 Å². The van der Waals surface area contributed by atoms with E-state index in [1.165, 1.54) is 5.56 Å². The average molecular weight is 438 g/mol. The topological polar surface area (TPSA) is 63.7 Å². The first-order valence-corrected chi connectivity index (χ1v) is 11.8. The van der Waals surface area contributed by atoms with Crippen LogP contribution in [-0.2, 0) is 11.3 Å². The number of nitrogens with zero attached hydrogens (tertiary/aromatic N) is 2. The lowest BCUT2D eigenvalue weighted by Crippen LogP contribution is -2.44. The summed E-state index contributed by atoms with van der Waals surface area (Å²) in [5.74, 6) is 2.21. The molecule has 2 atom stereocenters. The Morgan fingerprint density at radius 3 is 2.62 bits per heavy atom. The minimum absolute atomic E-state index is 0.0440. The number of hydrogen-bond donors (Lipinski definition) is 1. The summed E-state index contributed by atoms with van der Waals surface area (Å²) in [5, 5.41) is 3.40. The van der Waals surface area contributed by atoms with Crippen LogP contribution in [0.5, 0.6) is 11.5 Å². The quantitative estimate of drug-likeness (QED) is 0.665. The maximum absolute atomic E-state index is 13.0. The van der Waals surface area contributed by atoms with Crippen molar-refractivity contribution in [2.75, 3.05) is 27.3 Å². The van der Waals surface area contributed by atoms with Crippen molar-refractivity contribution in [3.05, 3.63) is 53.9 Å². The number of amides is 1. The Balaban J connectivity index is 1.47. The zero-order chi connectivity index (χ0) is 22.3. The van der Waals surface area contributed by atoms with E-state index in [4.69, 9.17) is 9.47 Å². The number of hydrogen-bond acceptors (Lipinski definition) is 5. The number of piperidine rings is 1. The van der Waals surface area contributed by atoms with Gasteiger partial charge in [0.2, 0.25) is 5.91 Å². The number of pyridine rings is 1. The lowest BCUT2D eigenvalue weighted by molar-refractivity contribution is -0.126. The van der Waals surface area contributed by atoms with Crippen LogP contribution in [0.15, 0.2) is 42.6 Å². The molecule has 0 bridgehead atoms. The van der Waals surface area contributed by atoms with Crippen molar-refractivity contribution in [1.82, 2.24) is 15.2 Å². The van der Waals surface area contributed by atoms with Crippen LogP contribution in [0.3, 0.4) is 0 Å². The summed E-state index contributed by atoms with van der Waals surface area (Å²) >= 11 is 0. The van der Waals surface area contributed by atoms with Crippen LogP contribution >= 0.6 is 0 Å². The smallest absolute Gasteiger partial charge is 0.223 e. The number of carbonyl (C=O) groups excluding carboxylic acids is 1. The van der Waals surface area contributed by atoms with E-state index in [0.717, 1.165) is 75.4 Å². The van der Waals surface area contributed by atoms with Crippen LogP contribution in [0.1, 0.15) is 55.8 Å². The Morgan fingerprint density at radius 1 is 1.09 bits per heavy atom. The summed E-state index contributed by atoms with van der Waals surface area (Å²) in [5.41, 5.74) is 2.17. The molecule has 1 saturated heterocycles. The van der Waals surface area contributed by atoms with E-state index in [1.54, 1.807) is 14.2 Å². The first kappa shape index (κ1) is 22.6. The molecule has 0 unspecified atom stereocenters. The van der Waals surface area contributed by atoms with E-state index in [0.29, 0.717) is 5.92 Å². The first-order chi connectivity index (χ1) is 15.7. The summed E-state index contributed by atoms with van der Waals surface area (Å²) in [4.78, 5) is 20.1.